The molecule has 1 saturated carbocycles. The van der Waals surface area contributed by atoms with Gasteiger partial charge >= 0.3 is 6.09 Å². The van der Waals surface area contributed by atoms with Crippen molar-refractivity contribution < 1.29 is 19.0 Å². The summed E-state index contributed by atoms with van der Waals surface area (Å²) in [6, 6.07) is 0. The monoisotopic (exact) mass is 337 g/mol. The zero-order chi connectivity index (χ0) is 15.9. The third-order valence-electron chi connectivity index (χ3n) is 3.77. The Bertz CT molecular complexity index is 314. The molecule has 2 aliphatic rings. The minimum atomic E-state index is -0.414. The van der Waals surface area contributed by atoms with Gasteiger partial charge in [0.25, 0.3) is 0 Å². The average molecular weight is 338 g/mol. The first-order chi connectivity index (χ1) is 9.85. The number of hydrogen-bond donors (Lipinski definition) is 0. The molecule has 1 amide bonds. The molecule has 2 rings (SSSR count). The maximum Gasteiger partial charge on any atom is 0.410 e. The molecule has 1 aliphatic heterocycles. The van der Waals surface area contributed by atoms with Gasteiger partial charge in [0.15, 0.2) is 0 Å². The number of likely N-dealkylation sites (tertiary alicyclic amines) is 1. The highest BCUT2D eigenvalue weighted by atomic mass is 35.5. The van der Waals surface area contributed by atoms with Crippen LogP contribution in [0.4, 0.5) is 4.79 Å². The summed E-state index contributed by atoms with van der Waals surface area (Å²) in [5.74, 6) is 0. The zero-order valence-electron chi connectivity index (χ0n) is 14.6. The summed E-state index contributed by atoms with van der Waals surface area (Å²) < 4.78 is 15.5. The molecule has 0 aromatic carbocycles. The quantitative estimate of drug-likeness (QED) is 0.771. The molecule has 0 spiro atoms. The van der Waals surface area contributed by atoms with Crippen molar-refractivity contribution in [1.29, 1.82) is 0 Å². The standard InChI is InChI=1S/C10H19NO3.C6H12O.ClH/c1-10(2,3)14-9(12)11-6-5-8(7-11)13-4;1-7-6-4-2-3-5-6;/h8H,5-7H2,1-4H3;6H,2-5H2,1H3;1H/t8-;;/m0../s1. The van der Waals surface area contributed by atoms with Crippen LogP contribution in [0.2, 0.25) is 0 Å². The molecule has 0 radical (unpaired) electrons. The number of ether oxygens (including phenoxy) is 3. The lowest BCUT2D eigenvalue weighted by Gasteiger charge is -2.24. The van der Waals surface area contributed by atoms with E-state index in [1.165, 1.54) is 25.7 Å². The van der Waals surface area contributed by atoms with E-state index in [1.807, 2.05) is 20.8 Å². The van der Waals surface area contributed by atoms with Crippen LogP contribution in [0.3, 0.4) is 0 Å². The van der Waals surface area contributed by atoms with E-state index in [0.717, 1.165) is 13.0 Å². The van der Waals surface area contributed by atoms with Crippen LogP contribution in [-0.4, -0.2) is 56.1 Å². The molecular weight excluding hydrogens is 306 g/mol. The molecular formula is C16H32ClNO4. The molecule has 0 aromatic rings. The van der Waals surface area contributed by atoms with E-state index in [0.29, 0.717) is 12.6 Å². The molecule has 0 unspecified atom stereocenters. The number of carbonyl (C=O) groups is 1. The number of amides is 1. The fourth-order valence-electron chi connectivity index (χ4n) is 2.54. The molecule has 132 valence electrons. The SMILES string of the molecule is COC1CCCC1.CO[C@H]1CCN(C(=O)OC(C)(C)C)C1.Cl. The van der Waals surface area contributed by atoms with Gasteiger partial charge in [-0.3, -0.25) is 0 Å². The van der Waals surface area contributed by atoms with E-state index in [9.17, 15) is 4.79 Å². The van der Waals surface area contributed by atoms with Gasteiger partial charge in [0.05, 0.1) is 18.8 Å². The Morgan fingerprint density at radius 3 is 1.91 bits per heavy atom. The molecule has 1 atom stereocenters. The van der Waals surface area contributed by atoms with E-state index in [-0.39, 0.29) is 24.6 Å². The number of halogens is 1. The van der Waals surface area contributed by atoms with E-state index in [4.69, 9.17) is 14.2 Å². The molecule has 1 heterocycles. The molecule has 1 aliphatic carbocycles. The van der Waals surface area contributed by atoms with Crippen molar-refractivity contribution in [3.63, 3.8) is 0 Å². The summed E-state index contributed by atoms with van der Waals surface area (Å²) in [5.41, 5.74) is -0.414. The van der Waals surface area contributed by atoms with Crippen LogP contribution in [0.15, 0.2) is 0 Å². The van der Waals surface area contributed by atoms with Gasteiger partial charge in [0.2, 0.25) is 0 Å². The van der Waals surface area contributed by atoms with Gasteiger partial charge in [-0.05, 0) is 40.0 Å². The van der Waals surface area contributed by atoms with Crippen molar-refractivity contribution in [1.82, 2.24) is 4.90 Å². The number of methoxy groups -OCH3 is 2. The molecule has 6 heteroatoms. The molecule has 22 heavy (non-hydrogen) atoms. The maximum absolute atomic E-state index is 11.6. The van der Waals surface area contributed by atoms with Crippen LogP contribution in [0.5, 0.6) is 0 Å². The highest BCUT2D eigenvalue weighted by Gasteiger charge is 2.29. The van der Waals surface area contributed by atoms with Gasteiger partial charge in [0.1, 0.15) is 5.60 Å². The highest BCUT2D eigenvalue weighted by Crippen LogP contribution is 2.19. The van der Waals surface area contributed by atoms with E-state index >= 15 is 0 Å². The van der Waals surface area contributed by atoms with E-state index in [1.54, 1.807) is 19.1 Å². The molecule has 2 fully saturated rings. The van der Waals surface area contributed by atoms with Crippen molar-refractivity contribution >= 4 is 18.5 Å². The second-order valence-electron chi connectivity index (χ2n) is 6.71. The number of nitrogens with zero attached hydrogens (tertiary/aromatic N) is 1. The first-order valence-electron chi connectivity index (χ1n) is 7.89. The van der Waals surface area contributed by atoms with Crippen LogP contribution in [0.1, 0.15) is 52.9 Å². The fraction of sp³-hybridized carbons (Fsp3) is 0.938. The summed E-state index contributed by atoms with van der Waals surface area (Å²) in [4.78, 5) is 13.3. The predicted octanol–water partition coefficient (Wildman–Crippen LogP) is 3.64. The van der Waals surface area contributed by atoms with Crippen LogP contribution >= 0.6 is 12.4 Å². The Morgan fingerprint density at radius 1 is 1.00 bits per heavy atom. The fourth-order valence-corrected chi connectivity index (χ4v) is 2.54. The number of carbonyl (C=O) groups excluding carboxylic acids is 1. The van der Waals surface area contributed by atoms with Crippen LogP contribution < -0.4 is 0 Å². The molecule has 0 bridgehead atoms. The highest BCUT2D eigenvalue weighted by molar-refractivity contribution is 5.85. The Balaban J connectivity index is 0.000000465. The van der Waals surface area contributed by atoms with Crippen LogP contribution in [0, 0.1) is 0 Å². The Hall–Kier alpha value is -0.520. The van der Waals surface area contributed by atoms with E-state index in [2.05, 4.69) is 0 Å². The third-order valence-corrected chi connectivity index (χ3v) is 3.77. The second kappa shape index (κ2) is 10.3. The molecule has 0 N–H and O–H groups in total. The van der Waals surface area contributed by atoms with Gasteiger partial charge in [0, 0.05) is 20.8 Å². The summed E-state index contributed by atoms with van der Waals surface area (Å²) in [6.45, 7) is 6.98. The van der Waals surface area contributed by atoms with Crippen molar-refractivity contribution in [2.45, 2.75) is 70.7 Å². The summed E-state index contributed by atoms with van der Waals surface area (Å²) in [5, 5.41) is 0. The van der Waals surface area contributed by atoms with Gasteiger partial charge in [-0.15, -0.1) is 12.4 Å². The van der Waals surface area contributed by atoms with Gasteiger partial charge in [-0.2, -0.15) is 0 Å². The summed E-state index contributed by atoms with van der Waals surface area (Å²) in [7, 11) is 3.47. The smallest absolute Gasteiger partial charge is 0.410 e. The normalized spacial score (nSPS) is 21.9. The van der Waals surface area contributed by atoms with Crippen molar-refractivity contribution in [2.75, 3.05) is 27.3 Å². The lowest BCUT2D eigenvalue weighted by atomic mass is 10.2. The van der Waals surface area contributed by atoms with Gasteiger partial charge < -0.3 is 19.1 Å². The summed E-state index contributed by atoms with van der Waals surface area (Å²) >= 11 is 0. The first kappa shape index (κ1) is 21.5. The van der Waals surface area contributed by atoms with Crippen LogP contribution in [0.25, 0.3) is 0 Å². The zero-order valence-corrected chi connectivity index (χ0v) is 15.4. The summed E-state index contributed by atoms with van der Waals surface area (Å²) in [6.07, 6.45) is 6.75. The topological polar surface area (TPSA) is 48.0 Å². The first-order valence-corrected chi connectivity index (χ1v) is 7.89. The van der Waals surface area contributed by atoms with Crippen LogP contribution in [-0.2, 0) is 14.2 Å². The Labute approximate surface area is 141 Å². The van der Waals surface area contributed by atoms with E-state index < -0.39 is 5.60 Å². The average Bonchev–Trinajstić information content (AvgIpc) is 3.08. The maximum atomic E-state index is 11.6. The molecule has 1 saturated heterocycles. The Morgan fingerprint density at radius 2 is 1.55 bits per heavy atom. The third kappa shape index (κ3) is 8.20. The Kier molecular flexibility index (Phi) is 10.0. The van der Waals surface area contributed by atoms with Gasteiger partial charge in [-0.25, -0.2) is 4.79 Å². The van der Waals surface area contributed by atoms with Gasteiger partial charge in [-0.1, -0.05) is 12.8 Å². The molecule has 5 nitrogen and oxygen atoms in total. The van der Waals surface area contributed by atoms with Crippen molar-refractivity contribution in [3.8, 4) is 0 Å². The second-order valence-corrected chi connectivity index (χ2v) is 6.71. The minimum absolute atomic E-state index is 0. The minimum Gasteiger partial charge on any atom is -0.444 e. The lowest BCUT2D eigenvalue weighted by Crippen LogP contribution is -2.35. The van der Waals surface area contributed by atoms with Crippen molar-refractivity contribution in [3.05, 3.63) is 0 Å². The lowest BCUT2D eigenvalue weighted by molar-refractivity contribution is 0.0253. The molecule has 0 aromatic heterocycles. The number of hydrogen-bond acceptors (Lipinski definition) is 4. The number of rotatable bonds is 2. The largest absolute Gasteiger partial charge is 0.444 e. The predicted molar refractivity (Wildman–Crippen MR) is 89.7 cm³/mol. The van der Waals surface area contributed by atoms with Crippen molar-refractivity contribution in [2.24, 2.45) is 0 Å².